The molecule has 0 unspecified atom stereocenters. The molecule has 1 aliphatic rings. The smallest absolute Gasteiger partial charge is 0.0553 e. The lowest BCUT2D eigenvalue weighted by atomic mass is 9.96. The quantitative estimate of drug-likeness (QED) is 0.158. The van der Waals surface area contributed by atoms with Crippen molar-refractivity contribution in [3.05, 3.63) is 243 Å². The van der Waals surface area contributed by atoms with Gasteiger partial charge in [0.15, 0.2) is 0 Å². The van der Waals surface area contributed by atoms with E-state index in [9.17, 15) is 0 Å². The van der Waals surface area contributed by atoms with Crippen molar-refractivity contribution in [1.29, 1.82) is 0 Å². The molecule has 13 aromatic rings. The number of hydrogen-bond donors (Lipinski definition) is 0. The van der Waals surface area contributed by atoms with Crippen molar-refractivity contribution in [3.8, 4) is 78.1 Å². The van der Waals surface area contributed by atoms with Crippen molar-refractivity contribution in [2.45, 2.75) is 0 Å². The molecule has 0 radical (unpaired) electrons. The highest BCUT2D eigenvalue weighted by Crippen LogP contribution is 2.51. The standard InChI is InChI=1S/C64H40N2/c1-3-15-41(16-4-1)43-19-11-20-44(35-43)46-22-13-24-50(37-46)66-61-34-32-48(39-58(61)64-55-29-14-28-54-51-25-7-8-26-52(51)57(63(54)55)40-62(64)66)47-31-33-60-56(38-47)53-27-9-10-30-59(53)65(60)49-23-12-21-45(36-49)42-17-5-2-6-18-42/h1-40H. The van der Waals surface area contributed by atoms with E-state index in [1.165, 1.54) is 121 Å². The van der Waals surface area contributed by atoms with Crippen LogP contribution in [0.1, 0.15) is 0 Å². The van der Waals surface area contributed by atoms with E-state index in [4.69, 9.17) is 0 Å². The summed E-state index contributed by atoms with van der Waals surface area (Å²) in [5.74, 6) is 0. The first-order valence-electron chi connectivity index (χ1n) is 22.8. The fourth-order valence-electron chi connectivity index (χ4n) is 11.1. The highest BCUT2D eigenvalue weighted by Gasteiger charge is 2.26. The number of aromatic nitrogens is 2. The highest BCUT2D eigenvalue weighted by molar-refractivity contribution is 6.29. The van der Waals surface area contributed by atoms with Gasteiger partial charge in [-0.05, 0) is 144 Å². The Morgan fingerprint density at radius 2 is 0.636 bits per heavy atom. The second kappa shape index (κ2) is 14.4. The molecule has 2 aromatic heterocycles. The highest BCUT2D eigenvalue weighted by atomic mass is 15.0. The Balaban J connectivity index is 0.974. The molecule has 0 fully saturated rings. The van der Waals surface area contributed by atoms with E-state index in [-0.39, 0.29) is 0 Å². The number of para-hydroxylation sites is 1. The third-order valence-electron chi connectivity index (χ3n) is 14.0. The van der Waals surface area contributed by atoms with Gasteiger partial charge in [0, 0.05) is 32.9 Å². The Labute approximate surface area is 382 Å². The van der Waals surface area contributed by atoms with Crippen molar-refractivity contribution in [3.63, 3.8) is 0 Å². The molecule has 0 saturated heterocycles. The van der Waals surface area contributed by atoms with Crippen LogP contribution < -0.4 is 0 Å². The number of rotatable bonds is 6. The lowest BCUT2D eigenvalue weighted by Gasteiger charge is -2.12. The van der Waals surface area contributed by atoms with E-state index in [0.717, 1.165) is 11.4 Å². The zero-order chi connectivity index (χ0) is 43.3. The molecule has 2 heterocycles. The zero-order valence-electron chi connectivity index (χ0n) is 36.0. The van der Waals surface area contributed by atoms with Gasteiger partial charge in [-0.25, -0.2) is 0 Å². The number of nitrogens with zero attached hydrogens (tertiary/aromatic N) is 2. The normalized spacial score (nSPS) is 11.9. The lowest BCUT2D eigenvalue weighted by Crippen LogP contribution is -1.95. The molecule has 0 spiro atoms. The van der Waals surface area contributed by atoms with E-state index < -0.39 is 0 Å². The summed E-state index contributed by atoms with van der Waals surface area (Å²) in [6.07, 6.45) is 0. The van der Waals surface area contributed by atoms with Gasteiger partial charge in [0.1, 0.15) is 0 Å². The van der Waals surface area contributed by atoms with Gasteiger partial charge in [-0.2, -0.15) is 0 Å². The van der Waals surface area contributed by atoms with Crippen molar-refractivity contribution in [2.75, 3.05) is 0 Å². The zero-order valence-corrected chi connectivity index (χ0v) is 36.0. The molecule has 2 nitrogen and oxygen atoms in total. The molecule has 1 aliphatic carbocycles. The first kappa shape index (κ1) is 36.7. The van der Waals surface area contributed by atoms with Gasteiger partial charge in [0.2, 0.25) is 0 Å². The largest absolute Gasteiger partial charge is 0.309 e. The monoisotopic (exact) mass is 836 g/mol. The average Bonchev–Trinajstić information content (AvgIpc) is 4.03. The summed E-state index contributed by atoms with van der Waals surface area (Å²) in [4.78, 5) is 0. The fourth-order valence-corrected chi connectivity index (χ4v) is 11.1. The van der Waals surface area contributed by atoms with Crippen LogP contribution in [0.4, 0.5) is 0 Å². The summed E-state index contributed by atoms with van der Waals surface area (Å²) < 4.78 is 4.92. The van der Waals surface area contributed by atoms with Crippen LogP contribution in [-0.2, 0) is 0 Å². The third-order valence-corrected chi connectivity index (χ3v) is 14.0. The topological polar surface area (TPSA) is 9.86 Å². The minimum absolute atomic E-state index is 1.14. The Kier molecular flexibility index (Phi) is 8.02. The maximum absolute atomic E-state index is 2.50. The van der Waals surface area contributed by atoms with Crippen molar-refractivity contribution < 1.29 is 0 Å². The molecule has 0 saturated carbocycles. The molecule has 11 aromatic carbocycles. The van der Waals surface area contributed by atoms with Gasteiger partial charge in [-0.3, -0.25) is 0 Å². The maximum Gasteiger partial charge on any atom is 0.0553 e. The van der Waals surface area contributed by atoms with Gasteiger partial charge in [-0.15, -0.1) is 0 Å². The predicted octanol–water partition coefficient (Wildman–Crippen LogP) is 17.3. The van der Waals surface area contributed by atoms with E-state index >= 15 is 0 Å². The molecule has 0 atom stereocenters. The molecular formula is C64H40N2. The van der Waals surface area contributed by atoms with Crippen LogP contribution in [0.3, 0.4) is 0 Å². The van der Waals surface area contributed by atoms with Crippen LogP contribution in [0.5, 0.6) is 0 Å². The molecule has 66 heavy (non-hydrogen) atoms. The van der Waals surface area contributed by atoms with Crippen LogP contribution in [0, 0.1) is 0 Å². The second-order valence-corrected chi connectivity index (χ2v) is 17.7. The van der Waals surface area contributed by atoms with Crippen LogP contribution in [0.2, 0.25) is 0 Å². The van der Waals surface area contributed by atoms with Crippen LogP contribution in [0.15, 0.2) is 243 Å². The molecule has 2 heteroatoms. The SMILES string of the molecule is c1ccc(-c2cccc(-c3cccc(-n4c5ccc(-c6ccc7c(c6)c6ccccc6n7-c6cccc(-c7ccccc7)c6)cc5c5c6cccc7c6c(cc54)-c4ccccc4-7)c3)c2)cc1. The Morgan fingerprint density at radius 1 is 0.197 bits per heavy atom. The van der Waals surface area contributed by atoms with E-state index in [2.05, 4.69) is 252 Å². The first-order chi connectivity index (χ1) is 32.7. The molecule has 306 valence electrons. The van der Waals surface area contributed by atoms with Gasteiger partial charge >= 0.3 is 0 Å². The maximum atomic E-state index is 2.50. The van der Waals surface area contributed by atoms with Gasteiger partial charge in [-0.1, -0.05) is 176 Å². The van der Waals surface area contributed by atoms with Crippen molar-refractivity contribution in [1.82, 2.24) is 9.13 Å². The molecule has 0 amide bonds. The van der Waals surface area contributed by atoms with Gasteiger partial charge in [0.25, 0.3) is 0 Å². The van der Waals surface area contributed by atoms with Crippen LogP contribution in [-0.4, -0.2) is 9.13 Å². The predicted molar refractivity (Wildman–Crippen MR) is 279 cm³/mol. The van der Waals surface area contributed by atoms with Crippen LogP contribution in [0.25, 0.3) is 133 Å². The number of benzene rings is 11. The van der Waals surface area contributed by atoms with Crippen molar-refractivity contribution >= 4 is 54.4 Å². The Bertz CT molecular complexity index is 4090. The summed E-state index contributed by atoms with van der Waals surface area (Å²) in [7, 11) is 0. The first-order valence-corrected chi connectivity index (χ1v) is 22.8. The second-order valence-electron chi connectivity index (χ2n) is 17.7. The van der Waals surface area contributed by atoms with Crippen LogP contribution >= 0.6 is 0 Å². The summed E-state index contributed by atoms with van der Waals surface area (Å²) in [5.41, 5.74) is 22.0. The van der Waals surface area contributed by atoms with Gasteiger partial charge in [0.05, 0.1) is 22.1 Å². The summed E-state index contributed by atoms with van der Waals surface area (Å²) in [6, 6.07) is 89.5. The fraction of sp³-hybridized carbons (Fsp3) is 0. The van der Waals surface area contributed by atoms with E-state index in [1.807, 2.05) is 0 Å². The number of fused-ring (bicyclic) bond motifs is 10. The third kappa shape index (κ3) is 5.55. The average molecular weight is 837 g/mol. The molecule has 0 bridgehead atoms. The summed E-state index contributed by atoms with van der Waals surface area (Å²) >= 11 is 0. The lowest BCUT2D eigenvalue weighted by molar-refractivity contribution is 1.18. The van der Waals surface area contributed by atoms with E-state index in [1.54, 1.807) is 0 Å². The molecular weight excluding hydrogens is 797 g/mol. The number of hydrogen-bond acceptors (Lipinski definition) is 0. The summed E-state index contributed by atoms with van der Waals surface area (Å²) in [6.45, 7) is 0. The minimum atomic E-state index is 1.14. The molecule has 0 N–H and O–H groups in total. The Hall–Kier alpha value is -8.72. The molecule has 0 aliphatic heterocycles. The van der Waals surface area contributed by atoms with Crippen molar-refractivity contribution in [2.24, 2.45) is 0 Å². The van der Waals surface area contributed by atoms with E-state index in [0.29, 0.717) is 0 Å². The van der Waals surface area contributed by atoms with Gasteiger partial charge < -0.3 is 9.13 Å². The Morgan fingerprint density at radius 3 is 1.33 bits per heavy atom. The minimum Gasteiger partial charge on any atom is -0.309 e. The molecule has 14 rings (SSSR count). The summed E-state index contributed by atoms with van der Waals surface area (Å²) in [5, 5.41) is 7.65.